The van der Waals surface area contributed by atoms with Gasteiger partial charge in [0.15, 0.2) is 5.78 Å². The maximum absolute atomic E-state index is 13.3. The van der Waals surface area contributed by atoms with Gasteiger partial charge in [0.25, 0.3) is 0 Å². The molecule has 4 heteroatoms. The predicted molar refractivity (Wildman–Crippen MR) is 77.6 cm³/mol. The van der Waals surface area contributed by atoms with E-state index in [0.29, 0.717) is 10.6 Å². The number of hydrogen-bond donors (Lipinski definition) is 0. The number of carbonyl (C=O) groups is 1. The van der Waals surface area contributed by atoms with Crippen molar-refractivity contribution in [3.8, 4) is 0 Å². The van der Waals surface area contributed by atoms with Crippen LogP contribution in [0.25, 0.3) is 0 Å². The van der Waals surface area contributed by atoms with Gasteiger partial charge < -0.3 is 4.74 Å². The maximum atomic E-state index is 13.3. The lowest BCUT2D eigenvalue weighted by atomic mass is 9.86. The fraction of sp³-hybridized carbons (Fsp3) is 0.562. The largest absolute Gasteiger partial charge is 0.370 e. The van der Waals surface area contributed by atoms with Gasteiger partial charge in [0, 0.05) is 18.6 Å². The number of ketones is 1. The lowest BCUT2D eigenvalue weighted by Gasteiger charge is -2.30. The van der Waals surface area contributed by atoms with Gasteiger partial charge in [-0.1, -0.05) is 37.3 Å². The molecule has 1 aliphatic rings. The quantitative estimate of drug-likeness (QED) is 0.773. The number of benzene rings is 1. The fourth-order valence-corrected chi connectivity index (χ4v) is 3.09. The number of rotatable bonds is 4. The van der Waals surface area contributed by atoms with E-state index in [1.165, 1.54) is 18.2 Å². The molecule has 1 aromatic carbocycles. The van der Waals surface area contributed by atoms with E-state index in [9.17, 15) is 9.18 Å². The van der Waals surface area contributed by atoms with Crippen molar-refractivity contribution >= 4 is 17.4 Å². The predicted octanol–water partition coefficient (Wildman–Crippen LogP) is 4.33. The number of halogens is 2. The molecule has 0 radical (unpaired) electrons. The minimum atomic E-state index is -0.716. The molecule has 0 unspecified atom stereocenters. The lowest BCUT2D eigenvalue weighted by molar-refractivity contribution is -0.142. The van der Waals surface area contributed by atoms with Gasteiger partial charge in [0.05, 0.1) is 0 Å². The van der Waals surface area contributed by atoms with Crippen molar-refractivity contribution in [3.63, 3.8) is 0 Å². The molecule has 0 atom stereocenters. The molecule has 0 saturated heterocycles. The third-order valence-electron chi connectivity index (χ3n) is 4.17. The third-order valence-corrected chi connectivity index (χ3v) is 4.54. The second-order valence-corrected chi connectivity index (χ2v) is 5.86. The molecule has 0 amide bonds. The van der Waals surface area contributed by atoms with E-state index in [1.54, 1.807) is 7.11 Å². The summed E-state index contributed by atoms with van der Waals surface area (Å²) in [5, 5.41) is 0.430. The van der Waals surface area contributed by atoms with Crippen LogP contribution in [0.15, 0.2) is 18.2 Å². The van der Waals surface area contributed by atoms with E-state index in [-0.39, 0.29) is 18.0 Å². The van der Waals surface area contributed by atoms with Gasteiger partial charge in [-0.15, -0.1) is 0 Å². The molecule has 0 aliphatic heterocycles. The van der Waals surface area contributed by atoms with Gasteiger partial charge in [0.2, 0.25) is 0 Å². The van der Waals surface area contributed by atoms with Gasteiger partial charge >= 0.3 is 0 Å². The summed E-state index contributed by atoms with van der Waals surface area (Å²) in [7, 11) is 1.59. The zero-order valence-electron chi connectivity index (χ0n) is 11.8. The van der Waals surface area contributed by atoms with Crippen LogP contribution in [-0.2, 0) is 16.0 Å². The summed E-state index contributed by atoms with van der Waals surface area (Å²) in [6.45, 7) is 0. The molecule has 1 aromatic rings. The Bertz CT molecular complexity index is 479. The topological polar surface area (TPSA) is 26.3 Å². The highest BCUT2D eigenvalue weighted by atomic mass is 35.5. The molecule has 110 valence electrons. The summed E-state index contributed by atoms with van der Waals surface area (Å²) in [6.07, 6.45) is 5.89. The van der Waals surface area contributed by atoms with Crippen molar-refractivity contribution < 1.29 is 13.9 Å². The Hall–Kier alpha value is -0.930. The van der Waals surface area contributed by atoms with Crippen LogP contribution >= 0.6 is 11.6 Å². The lowest BCUT2D eigenvalue weighted by Crippen LogP contribution is -2.41. The summed E-state index contributed by atoms with van der Waals surface area (Å²) in [5.74, 6) is -0.362. The Morgan fingerprint density at radius 1 is 1.30 bits per heavy atom. The van der Waals surface area contributed by atoms with Crippen LogP contribution < -0.4 is 0 Å². The first-order valence-electron chi connectivity index (χ1n) is 7.10. The Balaban J connectivity index is 2.18. The van der Waals surface area contributed by atoms with Gasteiger partial charge in [0.1, 0.15) is 11.4 Å². The van der Waals surface area contributed by atoms with Crippen molar-refractivity contribution in [2.45, 2.75) is 50.5 Å². The number of ether oxygens (including phenoxy) is 1. The number of Topliss-reactive ketones (excluding diaryl/α,β-unsaturated/α-hetero) is 1. The monoisotopic (exact) mass is 298 g/mol. The van der Waals surface area contributed by atoms with Gasteiger partial charge in [-0.2, -0.15) is 0 Å². The molecule has 0 bridgehead atoms. The first-order chi connectivity index (χ1) is 9.57. The van der Waals surface area contributed by atoms with Gasteiger partial charge in [-0.3, -0.25) is 4.79 Å². The molecule has 0 heterocycles. The van der Waals surface area contributed by atoms with Crippen molar-refractivity contribution in [1.29, 1.82) is 0 Å². The highest BCUT2D eigenvalue weighted by Crippen LogP contribution is 2.32. The SMILES string of the molecule is COC1(C(=O)Cc2cc(F)ccc2Cl)CCCCCC1. The Labute approximate surface area is 124 Å². The van der Waals surface area contributed by atoms with E-state index >= 15 is 0 Å². The fourth-order valence-electron chi connectivity index (χ4n) is 2.91. The molecule has 20 heavy (non-hydrogen) atoms. The van der Waals surface area contributed by atoms with Gasteiger partial charge in [-0.05, 0) is 36.6 Å². The van der Waals surface area contributed by atoms with Crippen LogP contribution in [0.3, 0.4) is 0 Å². The zero-order chi connectivity index (χ0) is 14.6. The minimum absolute atomic E-state index is 0.00870. The summed E-state index contributed by atoms with van der Waals surface area (Å²) < 4.78 is 18.9. The average molecular weight is 299 g/mol. The third kappa shape index (κ3) is 3.39. The van der Waals surface area contributed by atoms with Crippen molar-refractivity contribution in [2.75, 3.05) is 7.11 Å². The first-order valence-corrected chi connectivity index (χ1v) is 7.47. The summed E-state index contributed by atoms with van der Waals surface area (Å²) >= 11 is 6.04. The minimum Gasteiger partial charge on any atom is -0.370 e. The molecular weight excluding hydrogens is 279 g/mol. The van der Waals surface area contributed by atoms with Crippen LogP contribution in [0, 0.1) is 5.82 Å². The van der Waals surface area contributed by atoms with Crippen molar-refractivity contribution in [2.24, 2.45) is 0 Å². The Morgan fingerprint density at radius 2 is 1.95 bits per heavy atom. The van der Waals surface area contributed by atoms with Crippen molar-refractivity contribution in [3.05, 3.63) is 34.6 Å². The first kappa shape index (κ1) is 15.5. The van der Waals surface area contributed by atoms with Gasteiger partial charge in [-0.25, -0.2) is 4.39 Å². The highest BCUT2D eigenvalue weighted by Gasteiger charge is 2.38. The summed E-state index contributed by atoms with van der Waals surface area (Å²) in [5.41, 5.74) is -0.177. The molecule has 1 fully saturated rings. The molecule has 2 rings (SSSR count). The highest BCUT2D eigenvalue weighted by molar-refractivity contribution is 6.31. The Kier molecular flexibility index (Phi) is 5.17. The average Bonchev–Trinajstić information content (AvgIpc) is 2.69. The van der Waals surface area contributed by atoms with Crippen molar-refractivity contribution in [1.82, 2.24) is 0 Å². The standard InChI is InChI=1S/C16H20ClFO2/c1-20-16(8-4-2-3-5-9-16)15(19)11-12-10-13(18)6-7-14(12)17/h6-7,10H,2-5,8-9,11H2,1H3. The normalized spacial score (nSPS) is 18.6. The van der Waals surface area contributed by atoms with E-state index in [0.717, 1.165) is 38.5 Å². The van der Waals surface area contributed by atoms with Crippen LogP contribution in [0.2, 0.25) is 5.02 Å². The molecule has 1 aliphatic carbocycles. The molecule has 0 spiro atoms. The van der Waals surface area contributed by atoms with E-state index in [2.05, 4.69) is 0 Å². The molecule has 2 nitrogen and oxygen atoms in total. The van der Waals surface area contributed by atoms with Crippen LogP contribution in [0.1, 0.15) is 44.1 Å². The molecule has 0 N–H and O–H groups in total. The molecule has 1 saturated carbocycles. The number of carbonyl (C=O) groups excluding carboxylic acids is 1. The van der Waals surface area contributed by atoms with Crippen LogP contribution in [-0.4, -0.2) is 18.5 Å². The maximum Gasteiger partial charge on any atom is 0.169 e. The molecule has 0 aromatic heterocycles. The summed E-state index contributed by atoms with van der Waals surface area (Å²) in [6, 6.07) is 4.13. The van der Waals surface area contributed by atoms with E-state index in [4.69, 9.17) is 16.3 Å². The second-order valence-electron chi connectivity index (χ2n) is 5.45. The smallest absolute Gasteiger partial charge is 0.169 e. The molecular formula is C16H20ClFO2. The van der Waals surface area contributed by atoms with Crippen LogP contribution in [0.5, 0.6) is 0 Å². The number of methoxy groups -OCH3 is 1. The van der Waals surface area contributed by atoms with Crippen LogP contribution in [0.4, 0.5) is 4.39 Å². The number of hydrogen-bond acceptors (Lipinski definition) is 2. The van der Waals surface area contributed by atoms with E-state index < -0.39 is 5.60 Å². The zero-order valence-corrected chi connectivity index (χ0v) is 12.5. The second kappa shape index (κ2) is 6.68. The summed E-state index contributed by atoms with van der Waals surface area (Å²) in [4.78, 5) is 12.6. The Morgan fingerprint density at radius 3 is 2.55 bits per heavy atom. The van der Waals surface area contributed by atoms with E-state index in [1.807, 2.05) is 0 Å².